The summed E-state index contributed by atoms with van der Waals surface area (Å²) in [5.41, 5.74) is 2.40. The van der Waals surface area contributed by atoms with Gasteiger partial charge in [-0.2, -0.15) is 0 Å². The van der Waals surface area contributed by atoms with Gasteiger partial charge in [-0.3, -0.25) is 4.79 Å². The molecule has 24 heavy (non-hydrogen) atoms. The van der Waals surface area contributed by atoms with Crippen LogP contribution in [0.15, 0.2) is 52.9 Å². The largest absolute Gasteiger partial charge is 0.409 e. The van der Waals surface area contributed by atoms with Crippen molar-refractivity contribution in [3.05, 3.63) is 64.7 Å². The maximum Gasteiger partial charge on any atom is 0.287 e. The van der Waals surface area contributed by atoms with E-state index < -0.39 is 0 Å². The van der Waals surface area contributed by atoms with E-state index in [9.17, 15) is 9.18 Å². The molecule has 3 rings (SSSR count). The molecule has 0 aliphatic rings. The number of benzene rings is 2. The molecule has 0 aliphatic carbocycles. The Kier molecular flexibility index (Phi) is 4.52. The van der Waals surface area contributed by atoms with Crippen molar-refractivity contribution in [3.8, 4) is 11.5 Å². The average molecular weight is 343 g/mol. The monoisotopic (exact) mass is 343 g/mol. The third-order valence-corrected chi connectivity index (χ3v) is 3.62. The summed E-state index contributed by atoms with van der Waals surface area (Å²) >= 11 is 5.10. The van der Waals surface area contributed by atoms with Crippen molar-refractivity contribution < 1.29 is 13.6 Å². The molecular weight excluding hydrogens is 329 g/mol. The van der Waals surface area contributed by atoms with Crippen molar-refractivity contribution in [2.45, 2.75) is 13.5 Å². The van der Waals surface area contributed by atoms with Crippen LogP contribution in [-0.2, 0) is 11.3 Å². The number of amides is 1. The molecule has 7 heteroatoms. The minimum Gasteiger partial charge on any atom is -0.409 e. The lowest BCUT2D eigenvalue weighted by Gasteiger charge is -2.04. The van der Waals surface area contributed by atoms with Crippen molar-refractivity contribution in [1.82, 2.24) is 9.78 Å². The fourth-order valence-electron chi connectivity index (χ4n) is 2.09. The highest BCUT2D eigenvalue weighted by Gasteiger charge is 2.11. The lowest BCUT2D eigenvalue weighted by atomic mass is 10.1. The quantitative estimate of drug-likeness (QED) is 0.729. The number of nitrogens with zero attached hydrogens (tertiary/aromatic N) is 2. The first-order valence-corrected chi connectivity index (χ1v) is 7.62. The summed E-state index contributed by atoms with van der Waals surface area (Å²) in [6.07, 6.45) is 0. The van der Waals surface area contributed by atoms with Gasteiger partial charge in [-0.15, -0.1) is 5.10 Å². The van der Waals surface area contributed by atoms with E-state index >= 15 is 0 Å². The van der Waals surface area contributed by atoms with Crippen LogP contribution in [0.2, 0.25) is 0 Å². The number of aryl methyl sites for hydroxylation is 1. The molecule has 0 fully saturated rings. The Bertz CT molecular complexity index is 914. The maximum atomic E-state index is 12.9. The van der Waals surface area contributed by atoms with Crippen molar-refractivity contribution in [1.29, 1.82) is 0 Å². The first-order valence-electron chi connectivity index (χ1n) is 7.22. The Labute approximate surface area is 142 Å². The Balaban J connectivity index is 1.73. The zero-order valence-electron chi connectivity index (χ0n) is 12.8. The highest BCUT2D eigenvalue weighted by molar-refractivity contribution is 7.71. The second kappa shape index (κ2) is 6.76. The zero-order chi connectivity index (χ0) is 17.1. The molecule has 0 spiro atoms. The second-order valence-electron chi connectivity index (χ2n) is 5.25. The number of nitrogens with one attached hydrogen (secondary N) is 1. The summed E-state index contributed by atoms with van der Waals surface area (Å²) in [6, 6.07) is 13.1. The van der Waals surface area contributed by atoms with E-state index in [2.05, 4.69) is 10.4 Å². The molecule has 3 aromatic rings. The van der Waals surface area contributed by atoms with E-state index in [1.807, 2.05) is 31.2 Å². The van der Waals surface area contributed by atoms with E-state index in [1.165, 1.54) is 28.9 Å². The molecule has 0 saturated carbocycles. The Morgan fingerprint density at radius 1 is 1.21 bits per heavy atom. The van der Waals surface area contributed by atoms with Gasteiger partial charge in [0.1, 0.15) is 12.4 Å². The SMILES string of the molecule is Cc1ccc(-c2nn(CC(=O)Nc3ccc(F)cc3)c(=S)o2)cc1. The fraction of sp³-hybridized carbons (Fsp3) is 0.118. The van der Waals surface area contributed by atoms with Gasteiger partial charge in [0.05, 0.1) is 0 Å². The van der Waals surface area contributed by atoms with Crippen molar-refractivity contribution >= 4 is 23.8 Å². The van der Waals surface area contributed by atoms with Crippen molar-refractivity contribution in [2.24, 2.45) is 0 Å². The molecule has 1 N–H and O–H groups in total. The van der Waals surface area contributed by atoms with Crippen molar-refractivity contribution in [2.75, 3.05) is 5.32 Å². The normalized spacial score (nSPS) is 10.6. The van der Waals surface area contributed by atoms with E-state index in [4.69, 9.17) is 16.6 Å². The molecule has 0 aliphatic heterocycles. The highest BCUT2D eigenvalue weighted by Crippen LogP contribution is 2.18. The lowest BCUT2D eigenvalue weighted by Crippen LogP contribution is -2.19. The Hall–Kier alpha value is -2.80. The molecule has 0 radical (unpaired) electrons. The van der Waals surface area contributed by atoms with Gasteiger partial charge in [0.2, 0.25) is 11.8 Å². The third-order valence-electron chi connectivity index (χ3n) is 3.33. The number of hydrogen-bond acceptors (Lipinski definition) is 4. The zero-order valence-corrected chi connectivity index (χ0v) is 13.6. The van der Waals surface area contributed by atoms with Gasteiger partial charge >= 0.3 is 0 Å². The summed E-state index contributed by atoms with van der Waals surface area (Å²) in [4.78, 5) is 12.2. The van der Waals surface area contributed by atoms with Crippen LogP contribution < -0.4 is 5.32 Å². The van der Waals surface area contributed by atoms with Crippen LogP contribution in [-0.4, -0.2) is 15.7 Å². The molecule has 1 heterocycles. The van der Waals surface area contributed by atoms with Gasteiger partial charge in [-0.25, -0.2) is 9.07 Å². The summed E-state index contributed by atoms with van der Waals surface area (Å²) in [5, 5.41) is 6.88. The van der Waals surface area contributed by atoms with Crippen LogP contribution in [0.4, 0.5) is 10.1 Å². The summed E-state index contributed by atoms with van der Waals surface area (Å²) < 4.78 is 19.6. The fourth-order valence-corrected chi connectivity index (χ4v) is 2.27. The summed E-state index contributed by atoms with van der Waals surface area (Å²) in [7, 11) is 0. The minimum atomic E-state index is -0.366. The van der Waals surface area contributed by atoms with Gasteiger partial charge in [0, 0.05) is 11.3 Å². The molecule has 1 aromatic heterocycles. The lowest BCUT2D eigenvalue weighted by molar-refractivity contribution is -0.117. The van der Waals surface area contributed by atoms with Crippen LogP contribution in [0.5, 0.6) is 0 Å². The van der Waals surface area contributed by atoms with Gasteiger partial charge < -0.3 is 9.73 Å². The number of rotatable bonds is 4. The second-order valence-corrected chi connectivity index (χ2v) is 5.60. The highest BCUT2D eigenvalue weighted by atomic mass is 32.1. The first-order chi connectivity index (χ1) is 11.5. The Morgan fingerprint density at radius 2 is 1.88 bits per heavy atom. The van der Waals surface area contributed by atoms with E-state index in [-0.39, 0.29) is 23.1 Å². The van der Waals surface area contributed by atoms with E-state index in [0.29, 0.717) is 11.6 Å². The molecule has 5 nitrogen and oxygen atoms in total. The predicted octanol–water partition coefficient (Wildman–Crippen LogP) is 3.96. The van der Waals surface area contributed by atoms with Crippen molar-refractivity contribution in [3.63, 3.8) is 0 Å². The molecule has 2 aromatic carbocycles. The van der Waals surface area contributed by atoms with Gasteiger partial charge in [-0.05, 0) is 55.5 Å². The molecule has 0 atom stereocenters. The van der Waals surface area contributed by atoms with Gasteiger partial charge in [0.25, 0.3) is 4.84 Å². The van der Waals surface area contributed by atoms with Crippen LogP contribution in [0.3, 0.4) is 0 Å². The smallest absolute Gasteiger partial charge is 0.287 e. The number of carbonyl (C=O) groups is 1. The van der Waals surface area contributed by atoms with E-state index in [0.717, 1.165) is 11.1 Å². The molecule has 0 bridgehead atoms. The number of hydrogen-bond donors (Lipinski definition) is 1. The van der Waals surface area contributed by atoms with Gasteiger partial charge in [-0.1, -0.05) is 17.7 Å². The predicted molar refractivity (Wildman–Crippen MR) is 90.5 cm³/mol. The average Bonchev–Trinajstić information content (AvgIpc) is 2.91. The van der Waals surface area contributed by atoms with E-state index in [1.54, 1.807) is 0 Å². The molecule has 0 saturated heterocycles. The number of anilines is 1. The van der Waals surface area contributed by atoms with Gasteiger partial charge in [0.15, 0.2) is 0 Å². The number of carbonyl (C=O) groups excluding carboxylic acids is 1. The number of aromatic nitrogens is 2. The van der Waals surface area contributed by atoms with Crippen LogP contribution in [0.25, 0.3) is 11.5 Å². The molecule has 122 valence electrons. The number of halogens is 1. The first kappa shape index (κ1) is 16.1. The minimum absolute atomic E-state index is 0.0917. The maximum absolute atomic E-state index is 12.9. The summed E-state index contributed by atoms with van der Waals surface area (Å²) in [6.45, 7) is 1.89. The van der Waals surface area contributed by atoms with Crippen LogP contribution >= 0.6 is 12.2 Å². The molecular formula is C17H14FN3O2S. The molecule has 0 unspecified atom stereocenters. The summed E-state index contributed by atoms with van der Waals surface area (Å²) in [5.74, 6) is -0.342. The van der Waals surface area contributed by atoms with Crippen LogP contribution in [0, 0.1) is 17.6 Å². The van der Waals surface area contributed by atoms with Crippen LogP contribution in [0.1, 0.15) is 5.56 Å². The third kappa shape index (κ3) is 3.75. The standard InChI is InChI=1S/C17H14FN3O2S/c1-11-2-4-12(5-3-11)16-20-21(17(24)23-16)10-15(22)19-14-8-6-13(18)7-9-14/h2-9H,10H2,1H3,(H,19,22). The Morgan fingerprint density at radius 3 is 2.54 bits per heavy atom. The molecule has 1 amide bonds. The topological polar surface area (TPSA) is 60.1 Å².